The molecule has 0 unspecified atom stereocenters. The highest BCUT2D eigenvalue weighted by molar-refractivity contribution is 5.71. The van der Waals surface area contributed by atoms with Crippen LogP contribution in [-0.4, -0.2) is 36.5 Å². The molecule has 6 nitrogen and oxygen atoms in total. The van der Waals surface area contributed by atoms with Crippen molar-refractivity contribution in [2.24, 2.45) is 13.0 Å². The Labute approximate surface area is 86.6 Å². The predicted octanol–water partition coefficient (Wildman–Crippen LogP) is -0.417. The number of aryl methyl sites for hydroxylation is 1. The van der Waals surface area contributed by atoms with Crippen molar-refractivity contribution in [2.45, 2.75) is 24.9 Å². The van der Waals surface area contributed by atoms with Crippen LogP contribution in [0.5, 0.6) is 0 Å². The second kappa shape index (κ2) is 3.30. The molecule has 15 heavy (non-hydrogen) atoms. The minimum atomic E-state index is -0.913. The highest BCUT2D eigenvalue weighted by atomic mass is 16.4. The lowest BCUT2D eigenvalue weighted by Gasteiger charge is -2.41. The fourth-order valence-corrected chi connectivity index (χ4v) is 1.95. The van der Waals surface area contributed by atoms with Crippen LogP contribution in [0.15, 0.2) is 6.33 Å². The Morgan fingerprint density at radius 2 is 2.40 bits per heavy atom. The van der Waals surface area contributed by atoms with E-state index in [4.69, 9.17) is 5.11 Å². The summed E-state index contributed by atoms with van der Waals surface area (Å²) in [6.45, 7) is 0. The van der Waals surface area contributed by atoms with Gasteiger partial charge in [-0.15, -0.1) is 0 Å². The third kappa shape index (κ3) is 1.85. The van der Waals surface area contributed by atoms with Crippen molar-refractivity contribution in [1.29, 1.82) is 0 Å². The highest BCUT2D eigenvalue weighted by Crippen LogP contribution is 2.39. The van der Waals surface area contributed by atoms with Crippen molar-refractivity contribution < 1.29 is 15.0 Å². The van der Waals surface area contributed by atoms with Gasteiger partial charge in [0.25, 0.3) is 0 Å². The zero-order valence-corrected chi connectivity index (χ0v) is 8.42. The summed E-state index contributed by atoms with van der Waals surface area (Å²) in [5.41, 5.74) is -0.913. The van der Waals surface area contributed by atoms with Crippen molar-refractivity contribution >= 4 is 5.97 Å². The first-order chi connectivity index (χ1) is 7.00. The normalized spacial score (nSPS) is 29.9. The number of rotatable bonds is 3. The van der Waals surface area contributed by atoms with E-state index in [-0.39, 0.29) is 0 Å². The summed E-state index contributed by atoms with van der Waals surface area (Å²) in [4.78, 5) is 14.6. The molecule has 1 aromatic heterocycles. The Morgan fingerprint density at radius 1 is 1.73 bits per heavy atom. The van der Waals surface area contributed by atoms with Crippen LogP contribution < -0.4 is 0 Å². The smallest absolute Gasteiger partial charge is 0.306 e. The Bertz CT molecular complexity index is 382. The van der Waals surface area contributed by atoms with Gasteiger partial charge < -0.3 is 10.2 Å². The number of aliphatic hydroxyl groups is 1. The van der Waals surface area contributed by atoms with Crippen molar-refractivity contribution in [3.63, 3.8) is 0 Å². The molecular formula is C9H13N3O3. The van der Waals surface area contributed by atoms with Gasteiger partial charge in [0, 0.05) is 13.5 Å². The van der Waals surface area contributed by atoms with Gasteiger partial charge in [0.15, 0.2) is 0 Å². The molecule has 2 rings (SSSR count). The van der Waals surface area contributed by atoms with Gasteiger partial charge in [-0.05, 0) is 12.8 Å². The van der Waals surface area contributed by atoms with Gasteiger partial charge in [0.1, 0.15) is 12.2 Å². The van der Waals surface area contributed by atoms with Crippen molar-refractivity contribution in [1.82, 2.24) is 14.8 Å². The second-order valence-electron chi connectivity index (χ2n) is 4.14. The first-order valence-corrected chi connectivity index (χ1v) is 4.78. The van der Waals surface area contributed by atoms with E-state index in [0.717, 1.165) is 0 Å². The largest absolute Gasteiger partial charge is 0.481 e. The van der Waals surface area contributed by atoms with Gasteiger partial charge in [0.2, 0.25) is 0 Å². The first kappa shape index (κ1) is 10.1. The number of hydrogen-bond donors (Lipinski definition) is 2. The molecule has 82 valence electrons. The summed E-state index contributed by atoms with van der Waals surface area (Å²) in [6, 6.07) is 0. The maximum atomic E-state index is 10.6. The van der Waals surface area contributed by atoms with Crippen LogP contribution in [-0.2, 0) is 18.3 Å². The number of carboxylic acid groups (broad SMARTS) is 1. The predicted molar refractivity (Wildman–Crippen MR) is 50.0 cm³/mol. The van der Waals surface area contributed by atoms with Crippen molar-refractivity contribution in [3.8, 4) is 0 Å². The molecule has 2 N–H and O–H groups in total. The summed E-state index contributed by atoms with van der Waals surface area (Å²) in [5, 5.41) is 22.6. The van der Waals surface area contributed by atoms with E-state index in [0.29, 0.717) is 25.1 Å². The first-order valence-electron chi connectivity index (χ1n) is 4.78. The number of carbonyl (C=O) groups is 1. The van der Waals surface area contributed by atoms with Crippen LogP contribution in [0, 0.1) is 5.92 Å². The molecule has 1 saturated carbocycles. The Kier molecular flexibility index (Phi) is 2.22. The molecule has 1 aliphatic rings. The number of hydrogen-bond acceptors (Lipinski definition) is 4. The molecule has 1 aromatic rings. The zero-order valence-electron chi connectivity index (χ0n) is 8.42. The van der Waals surface area contributed by atoms with Gasteiger partial charge in [-0.3, -0.25) is 9.48 Å². The lowest BCUT2D eigenvalue weighted by Crippen LogP contribution is -2.48. The molecule has 1 fully saturated rings. The van der Waals surface area contributed by atoms with E-state index < -0.39 is 17.5 Å². The topological polar surface area (TPSA) is 88.2 Å². The summed E-state index contributed by atoms with van der Waals surface area (Å²) in [6.07, 6.45) is 2.39. The van der Waals surface area contributed by atoms with Gasteiger partial charge >= 0.3 is 5.97 Å². The van der Waals surface area contributed by atoms with Gasteiger partial charge in [-0.25, -0.2) is 4.98 Å². The minimum absolute atomic E-state index is 0.301. The van der Waals surface area contributed by atoms with Gasteiger partial charge in [-0.1, -0.05) is 0 Å². The monoisotopic (exact) mass is 211 g/mol. The minimum Gasteiger partial charge on any atom is -0.481 e. The second-order valence-corrected chi connectivity index (χ2v) is 4.14. The third-order valence-corrected chi connectivity index (χ3v) is 2.89. The van der Waals surface area contributed by atoms with Crippen molar-refractivity contribution in [2.75, 3.05) is 0 Å². The third-order valence-electron chi connectivity index (χ3n) is 2.89. The molecule has 0 bridgehead atoms. The van der Waals surface area contributed by atoms with E-state index in [1.165, 1.54) is 6.33 Å². The summed E-state index contributed by atoms with van der Waals surface area (Å²) >= 11 is 0. The van der Waals surface area contributed by atoms with Crippen LogP contribution in [0.25, 0.3) is 0 Å². The highest BCUT2D eigenvalue weighted by Gasteiger charge is 2.46. The Balaban J connectivity index is 1.97. The standard InChI is InChI=1S/C9H13N3O3/c1-12-7(10-5-11-12)4-9(15)2-6(3-9)8(13)14/h5-6,15H,2-4H2,1H3,(H,13,14). The van der Waals surface area contributed by atoms with Gasteiger partial charge in [0.05, 0.1) is 11.5 Å². The maximum absolute atomic E-state index is 10.6. The lowest BCUT2D eigenvalue weighted by atomic mass is 9.69. The lowest BCUT2D eigenvalue weighted by molar-refractivity contribution is -0.158. The molecule has 0 saturated heterocycles. The Morgan fingerprint density at radius 3 is 2.87 bits per heavy atom. The Hall–Kier alpha value is -1.43. The van der Waals surface area contributed by atoms with E-state index in [1.54, 1.807) is 11.7 Å². The SMILES string of the molecule is Cn1ncnc1CC1(O)CC(C(=O)O)C1. The molecule has 0 spiro atoms. The van der Waals surface area contributed by atoms with Crippen LogP contribution in [0.3, 0.4) is 0 Å². The summed E-state index contributed by atoms with van der Waals surface area (Å²) in [5.74, 6) is -0.567. The van der Waals surface area contributed by atoms with Crippen LogP contribution in [0.4, 0.5) is 0 Å². The van der Waals surface area contributed by atoms with Crippen molar-refractivity contribution in [3.05, 3.63) is 12.2 Å². The number of aromatic nitrogens is 3. The zero-order chi connectivity index (χ0) is 11.1. The quantitative estimate of drug-likeness (QED) is 0.709. The fraction of sp³-hybridized carbons (Fsp3) is 0.667. The summed E-state index contributed by atoms with van der Waals surface area (Å²) < 4.78 is 1.59. The molecule has 0 aromatic carbocycles. The van der Waals surface area contributed by atoms with Crippen LogP contribution in [0.1, 0.15) is 18.7 Å². The number of nitrogens with zero attached hydrogens (tertiary/aromatic N) is 3. The molecule has 1 aliphatic carbocycles. The van der Waals surface area contributed by atoms with E-state index in [2.05, 4.69) is 10.1 Å². The van der Waals surface area contributed by atoms with Gasteiger partial charge in [-0.2, -0.15) is 5.10 Å². The van der Waals surface area contributed by atoms with Crippen LogP contribution in [0.2, 0.25) is 0 Å². The average Bonchev–Trinajstić information content (AvgIpc) is 2.47. The average molecular weight is 211 g/mol. The van der Waals surface area contributed by atoms with E-state index in [9.17, 15) is 9.90 Å². The molecule has 6 heteroatoms. The maximum Gasteiger partial charge on any atom is 0.306 e. The molecule has 0 radical (unpaired) electrons. The molecule has 0 aliphatic heterocycles. The summed E-state index contributed by atoms with van der Waals surface area (Å²) in [7, 11) is 1.75. The molecular weight excluding hydrogens is 198 g/mol. The molecule has 0 amide bonds. The fourth-order valence-electron chi connectivity index (χ4n) is 1.95. The molecule has 1 heterocycles. The van der Waals surface area contributed by atoms with E-state index >= 15 is 0 Å². The van der Waals surface area contributed by atoms with E-state index in [1.807, 2.05) is 0 Å². The molecule has 0 atom stereocenters. The number of aliphatic carboxylic acids is 1. The number of carboxylic acids is 1. The van der Waals surface area contributed by atoms with Crippen LogP contribution >= 0.6 is 0 Å².